The van der Waals surface area contributed by atoms with Crippen LogP contribution in [0.15, 0.2) is 30.3 Å². The average Bonchev–Trinajstić information content (AvgIpc) is 2.66. The minimum Gasteiger partial charge on any atom is -0.343 e. The highest BCUT2D eigenvalue weighted by Crippen LogP contribution is 2.28. The molecule has 0 aliphatic rings. The van der Waals surface area contributed by atoms with Crippen molar-refractivity contribution in [2.24, 2.45) is 0 Å². The third kappa shape index (κ3) is 2.05. The minimum atomic E-state index is 0.757. The average molecular weight is 252 g/mol. The largest absolute Gasteiger partial charge is 0.343 e. The second-order valence-electron chi connectivity index (χ2n) is 4.71. The smallest absolute Gasteiger partial charge is 0.143 e. The third-order valence-corrected chi connectivity index (χ3v) is 3.30. The number of aromatic nitrogens is 3. The van der Waals surface area contributed by atoms with E-state index in [1.165, 1.54) is 5.56 Å². The fourth-order valence-electron chi connectivity index (χ4n) is 2.23. The molecule has 0 unspecified atom stereocenters. The molecule has 0 bridgehead atoms. The number of anilines is 2. The zero-order chi connectivity index (χ0) is 13.4. The molecule has 0 saturated heterocycles. The van der Waals surface area contributed by atoms with Gasteiger partial charge in [-0.3, -0.25) is 0 Å². The number of H-pyrrole nitrogens is 1. The zero-order valence-electron chi connectivity index (χ0n) is 11.3. The van der Waals surface area contributed by atoms with E-state index in [-0.39, 0.29) is 0 Å². The van der Waals surface area contributed by atoms with Crippen molar-refractivity contribution in [3.05, 3.63) is 47.4 Å². The molecule has 0 radical (unpaired) electrons. The summed E-state index contributed by atoms with van der Waals surface area (Å²) >= 11 is 0. The van der Waals surface area contributed by atoms with Gasteiger partial charge >= 0.3 is 0 Å². The van der Waals surface area contributed by atoms with Gasteiger partial charge in [-0.05, 0) is 38.5 Å². The van der Waals surface area contributed by atoms with Crippen molar-refractivity contribution in [1.29, 1.82) is 0 Å². The van der Waals surface area contributed by atoms with Crippen molar-refractivity contribution in [3.8, 4) is 0 Å². The second kappa shape index (κ2) is 4.39. The third-order valence-electron chi connectivity index (χ3n) is 3.30. The highest BCUT2D eigenvalue weighted by Gasteiger charge is 2.12. The first-order chi connectivity index (χ1) is 9.15. The van der Waals surface area contributed by atoms with Crippen LogP contribution in [0.1, 0.15) is 17.1 Å². The van der Waals surface area contributed by atoms with Gasteiger partial charge in [0.2, 0.25) is 0 Å². The molecule has 2 N–H and O–H groups in total. The van der Waals surface area contributed by atoms with Gasteiger partial charge in [-0.25, -0.2) is 9.97 Å². The molecule has 4 heteroatoms. The minimum absolute atomic E-state index is 0.757. The van der Waals surface area contributed by atoms with E-state index in [1.807, 2.05) is 37.3 Å². The maximum atomic E-state index is 4.53. The molecule has 4 nitrogen and oxygen atoms in total. The van der Waals surface area contributed by atoms with E-state index < -0.39 is 0 Å². The molecular weight excluding hydrogens is 236 g/mol. The number of hydrogen-bond donors (Lipinski definition) is 2. The molecule has 0 spiro atoms. The Bertz CT molecular complexity index is 729. The second-order valence-corrected chi connectivity index (χ2v) is 4.71. The number of aryl methyl sites for hydroxylation is 3. The van der Waals surface area contributed by atoms with Crippen LogP contribution in [0.25, 0.3) is 11.0 Å². The highest BCUT2D eigenvalue weighted by atomic mass is 15.1. The Labute approximate surface area is 111 Å². The molecule has 0 aliphatic heterocycles. The standard InChI is InChI=1S/C15H16N4/c1-9-10(2)16-14-13(9)15(18-11(3)17-14)19-12-7-5-4-6-8-12/h4-8H,1-3H3,(H2,16,17,18,19). The number of benzene rings is 1. The van der Waals surface area contributed by atoms with Gasteiger partial charge in [0.1, 0.15) is 17.3 Å². The van der Waals surface area contributed by atoms with Gasteiger partial charge in [-0.2, -0.15) is 0 Å². The monoisotopic (exact) mass is 252 g/mol. The molecule has 2 heterocycles. The summed E-state index contributed by atoms with van der Waals surface area (Å²) in [5.41, 5.74) is 4.24. The van der Waals surface area contributed by atoms with Crippen LogP contribution in [0.2, 0.25) is 0 Å². The predicted molar refractivity (Wildman–Crippen MR) is 77.8 cm³/mol. The fourth-order valence-corrected chi connectivity index (χ4v) is 2.23. The van der Waals surface area contributed by atoms with E-state index in [2.05, 4.69) is 34.1 Å². The normalized spacial score (nSPS) is 10.9. The van der Waals surface area contributed by atoms with Crippen molar-refractivity contribution >= 4 is 22.5 Å². The number of para-hydroxylation sites is 1. The van der Waals surface area contributed by atoms with Crippen molar-refractivity contribution in [1.82, 2.24) is 15.0 Å². The first-order valence-electron chi connectivity index (χ1n) is 6.31. The van der Waals surface area contributed by atoms with Gasteiger partial charge in [-0.1, -0.05) is 18.2 Å². The zero-order valence-corrected chi connectivity index (χ0v) is 11.3. The molecule has 96 valence electrons. The number of hydrogen-bond acceptors (Lipinski definition) is 3. The Kier molecular flexibility index (Phi) is 2.71. The summed E-state index contributed by atoms with van der Waals surface area (Å²) in [4.78, 5) is 12.3. The predicted octanol–water partition coefficient (Wildman–Crippen LogP) is 3.63. The molecule has 0 saturated carbocycles. The Morgan fingerprint density at radius 3 is 2.47 bits per heavy atom. The van der Waals surface area contributed by atoms with Crippen LogP contribution < -0.4 is 5.32 Å². The summed E-state index contributed by atoms with van der Waals surface area (Å²) in [5.74, 6) is 1.61. The number of fused-ring (bicyclic) bond motifs is 1. The van der Waals surface area contributed by atoms with Crippen LogP contribution in [0.5, 0.6) is 0 Å². The lowest BCUT2D eigenvalue weighted by Crippen LogP contribution is -1.98. The summed E-state index contributed by atoms with van der Waals surface area (Å²) in [6.45, 7) is 6.04. The Balaban J connectivity index is 2.17. The molecule has 2 aromatic heterocycles. The van der Waals surface area contributed by atoms with Crippen LogP contribution in [-0.4, -0.2) is 15.0 Å². The van der Waals surface area contributed by atoms with Crippen molar-refractivity contribution in [2.75, 3.05) is 5.32 Å². The summed E-state index contributed by atoms with van der Waals surface area (Å²) < 4.78 is 0. The van der Waals surface area contributed by atoms with Crippen molar-refractivity contribution in [2.45, 2.75) is 20.8 Å². The van der Waals surface area contributed by atoms with Crippen LogP contribution in [0, 0.1) is 20.8 Å². The van der Waals surface area contributed by atoms with Gasteiger partial charge in [-0.15, -0.1) is 0 Å². The summed E-state index contributed by atoms with van der Waals surface area (Å²) in [7, 11) is 0. The fraction of sp³-hybridized carbons (Fsp3) is 0.200. The van der Waals surface area contributed by atoms with Gasteiger partial charge < -0.3 is 10.3 Å². The van der Waals surface area contributed by atoms with Crippen LogP contribution in [0.4, 0.5) is 11.5 Å². The molecule has 3 rings (SSSR count). The maximum absolute atomic E-state index is 4.53. The summed E-state index contributed by atoms with van der Waals surface area (Å²) in [6, 6.07) is 10.1. The molecular formula is C15H16N4. The molecule has 1 aromatic carbocycles. The highest BCUT2D eigenvalue weighted by molar-refractivity contribution is 5.93. The first-order valence-corrected chi connectivity index (χ1v) is 6.31. The van der Waals surface area contributed by atoms with E-state index in [0.29, 0.717) is 0 Å². The molecule has 0 aliphatic carbocycles. The van der Waals surface area contributed by atoms with Crippen molar-refractivity contribution in [3.63, 3.8) is 0 Å². The summed E-state index contributed by atoms with van der Waals surface area (Å²) in [6.07, 6.45) is 0. The quantitative estimate of drug-likeness (QED) is 0.732. The Morgan fingerprint density at radius 1 is 1.00 bits per heavy atom. The topological polar surface area (TPSA) is 53.6 Å². The van der Waals surface area contributed by atoms with Gasteiger partial charge in [0, 0.05) is 11.4 Å². The van der Waals surface area contributed by atoms with Gasteiger partial charge in [0.25, 0.3) is 0 Å². The number of aromatic amines is 1. The van der Waals surface area contributed by atoms with E-state index in [9.17, 15) is 0 Å². The molecule has 0 atom stereocenters. The Hall–Kier alpha value is -2.36. The molecule has 3 aromatic rings. The van der Waals surface area contributed by atoms with Gasteiger partial charge in [0.15, 0.2) is 0 Å². The number of rotatable bonds is 2. The first kappa shape index (κ1) is 11.7. The van der Waals surface area contributed by atoms with Crippen LogP contribution in [-0.2, 0) is 0 Å². The van der Waals surface area contributed by atoms with E-state index in [0.717, 1.165) is 34.1 Å². The number of nitrogens with zero attached hydrogens (tertiary/aromatic N) is 2. The molecule has 19 heavy (non-hydrogen) atoms. The van der Waals surface area contributed by atoms with Gasteiger partial charge in [0.05, 0.1) is 5.39 Å². The van der Waals surface area contributed by atoms with E-state index >= 15 is 0 Å². The molecule has 0 fully saturated rings. The van der Waals surface area contributed by atoms with Crippen LogP contribution in [0.3, 0.4) is 0 Å². The Morgan fingerprint density at radius 2 is 1.74 bits per heavy atom. The maximum Gasteiger partial charge on any atom is 0.143 e. The lowest BCUT2D eigenvalue weighted by atomic mass is 10.2. The lowest BCUT2D eigenvalue weighted by Gasteiger charge is -2.08. The van der Waals surface area contributed by atoms with Crippen molar-refractivity contribution < 1.29 is 0 Å². The SMILES string of the molecule is Cc1nc(Nc2ccccc2)c2c(C)c(C)[nH]c2n1. The van der Waals surface area contributed by atoms with Crippen LogP contribution >= 0.6 is 0 Å². The van der Waals surface area contributed by atoms with E-state index in [4.69, 9.17) is 0 Å². The lowest BCUT2D eigenvalue weighted by molar-refractivity contribution is 1.08. The molecule has 0 amide bonds. The van der Waals surface area contributed by atoms with E-state index in [1.54, 1.807) is 0 Å². The number of nitrogens with one attached hydrogen (secondary N) is 2. The summed E-state index contributed by atoms with van der Waals surface area (Å²) in [5, 5.41) is 4.43.